The summed E-state index contributed by atoms with van der Waals surface area (Å²) in [5.74, 6) is 0.233. The van der Waals surface area contributed by atoms with Crippen molar-refractivity contribution in [1.29, 1.82) is 0 Å². The molecular formula is C33H31N3O7. The van der Waals surface area contributed by atoms with Crippen molar-refractivity contribution in [3.8, 4) is 23.0 Å². The Morgan fingerprint density at radius 2 is 1.79 bits per heavy atom. The van der Waals surface area contributed by atoms with Crippen molar-refractivity contribution in [2.45, 2.75) is 25.6 Å². The second-order valence-corrected chi connectivity index (χ2v) is 10.2. The lowest BCUT2D eigenvalue weighted by Gasteiger charge is -2.26. The van der Waals surface area contributed by atoms with Gasteiger partial charge in [-0.2, -0.15) is 0 Å². The molecule has 0 bridgehead atoms. The SMILES string of the molecule is COc1cc(C2C(=C(O)c3ccc4c(c3)OCCO4)C(=O)C(=O)N2CCCn2ccnc2)ccc1OCc1ccccc1. The fraction of sp³-hybridized carbons (Fsp3) is 0.242. The third kappa shape index (κ3) is 5.76. The number of benzene rings is 3. The molecule has 1 aromatic heterocycles. The van der Waals surface area contributed by atoms with Gasteiger partial charge in [-0.05, 0) is 47.9 Å². The van der Waals surface area contributed by atoms with E-state index in [-0.39, 0.29) is 17.9 Å². The lowest BCUT2D eigenvalue weighted by Crippen LogP contribution is -2.31. The lowest BCUT2D eigenvalue weighted by atomic mass is 9.94. The topological polar surface area (TPSA) is 112 Å². The first-order chi connectivity index (χ1) is 21.0. The Morgan fingerprint density at radius 1 is 0.977 bits per heavy atom. The number of aromatic nitrogens is 2. The monoisotopic (exact) mass is 581 g/mol. The molecule has 2 aliphatic rings. The first-order valence-electron chi connectivity index (χ1n) is 14.0. The second-order valence-electron chi connectivity index (χ2n) is 10.2. The summed E-state index contributed by atoms with van der Waals surface area (Å²) in [6, 6.07) is 19.1. The summed E-state index contributed by atoms with van der Waals surface area (Å²) in [5, 5.41) is 11.5. The molecule has 0 aliphatic carbocycles. The molecule has 0 spiro atoms. The molecular weight excluding hydrogens is 550 g/mol. The van der Waals surface area contributed by atoms with Crippen molar-refractivity contribution in [3.63, 3.8) is 0 Å². The van der Waals surface area contributed by atoms with Crippen molar-refractivity contribution < 1.29 is 33.6 Å². The Labute approximate surface area is 248 Å². The molecule has 1 saturated heterocycles. The molecule has 3 aromatic carbocycles. The number of aryl methyl sites for hydroxylation is 1. The summed E-state index contributed by atoms with van der Waals surface area (Å²) in [6.45, 7) is 2.02. The van der Waals surface area contributed by atoms with E-state index in [9.17, 15) is 14.7 Å². The van der Waals surface area contributed by atoms with Crippen LogP contribution in [0.1, 0.15) is 29.2 Å². The van der Waals surface area contributed by atoms with Gasteiger partial charge >= 0.3 is 0 Å². The first-order valence-corrected chi connectivity index (χ1v) is 14.0. The molecule has 1 atom stereocenters. The minimum atomic E-state index is -0.854. The Kier molecular flexibility index (Phi) is 7.99. The number of hydrogen-bond acceptors (Lipinski definition) is 8. The number of ketones is 1. The molecule has 6 rings (SSSR count). The predicted octanol–water partition coefficient (Wildman–Crippen LogP) is 4.75. The van der Waals surface area contributed by atoms with Crippen molar-refractivity contribution in [1.82, 2.24) is 14.5 Å². The van der Waals surface area contributed by atoms with E-state index in [1.54, 1.807) is 48.9 Å². The zero-order valence-electron chi connectivity index (χ0n) is 23.6. The van der Waals surface area contributed by atoms with Crippen LogP contribution in [-0.4, -0.2) is 58.1 Å². The van der Waals surface area contributed by atoms with Crippen LogP contribution in [0.2, 0.25) is 0 Å². The number of aliphatic hydroxyl groups is 1. The second kappa shape index (κ2) is 12.3. The van der Waals surface area contributed by atoms with Crippen molar-refractivity contribution in [2.24, 2.45) is 0 Å². The van der Waals surface area contributed by atoms with E-state index < -0.39 is 17.7 Å². The number of ether oxygens (including phenoxy) is 4. The number of nitrogens with zero attached hydrogens (tertiary/aromatic N) is 3. The van der Waals surface area contributed by atoms with Gasteiger partial charge in [0.2, 0.25) is 0 Å². The van der Waals surface area contributed by atoms with Gasteiger partial charge in [0.25, 0.3) is 11.7 Å². The van der Waals surface area contributed by atoms with E-state index in [0.29, 0.717) is 66.9 Å². The van der Waals surface area contributed by atoms with Gasteiger partial charge in [0.1, 0.15) is 25.6 Å². The van der Waals surface area contributed by atoms with Gasteiger partial charge in [-0.1, -0.05) is 36.4 Å². The number of imidazole rings is 1. The number of Topliss-reactive ketones (excluding diaryl/α,β-unsaturated/α-hetero) is 1. The standard InChI is InChI=1S/C33H31N3O7/c1-40-27-18-23(8-10-25(27)43-20-22-6-3-2-4-7-22)30-29(31(37)24-9-11-26-28(19-24)42-17-16-41-26)32(38)33(39)36(30)14-5-13-35-15-12-34-21-35/h2-4,6-12,15,18-19,21,30,37H,5,13-14,16-17,20H2,1H3. The number of carbonyl (C=O) groups excluding carboxylic acids is 2. The Morgan fingerprint density at radius 3 is 2.56 bits per heavy atom. The number of likely N-dealkylation sites (tertiary alicyclic amines) is 1. The quantitative estimate of drug-likeness (QED) is 0.162. The molecule has 0 radical (unpaired) electrons. The highest BCUT2D eigenvalue weighted by atomic mass is 16.6. The first kappa shape index (κ1) is 27.9. The summed E-state index contributed by atoms with van der Waals surface area (Å²) < 4.78 is 24.9. The largest absolute Gasteiger partial charge is 0.507 e. The van der Waals surface area contributed by atoms with Gasteiger partial charge in [-0.15, -0.1) is 0 Å². The van der Waals surface area contributed by atoms with Crippen LogP contribution in [0.4, 0.5) is 0 Å². The number of rotatable bonds is 10. The van der Waals surface area contributed by atoms with Crippen molar-refractivity contribution in [3.05, 3.63) is 108 Å². The summed E-state index contributed by atoms with van der Waals surface area (Å²) >= 11 is 0. The van der Waals surface area contributed by atoms with E-state index in [1.807, 2.05) is 41.1 Å². The number of aliphatic hydroxyl groups excluding tert-OH is 1. The van der Waals surface area contributed by atoms with Crippen LogP contribution >= 0.6 is 0 Å². The van der Waals surface area contributed by atoms with Crippen LogP contribution in [0.25, 0.3) is 5.76 Å². The number of fused-ring (bicyclic) bond motifs is 1. The molecule has 1 N–H and O–H groups in total. The molecule has 1 fully saturated rings. The molecule has 0 saturated carbocycles. The zero-order valence-corrected chi connectivity index (χ0v) is 23.6. The van der Waals surface area contributed by atoms with Crippen molar-refractivity contribution >= 4 is 17.4 Å². The smallest absolute Gasteiger partial charge is 0.295 e. The van der Waals surface area contributed by atoms with Crippen LogP contribution in [0.3, 0.4) is 0 Å². The number of methoxy groups -OCH3 is 1. The molecule has 43 heavy (non-hydrogen) atoms. The Hall–Kier alpha value is -5.25. The average Bonchev–Trinajstić information content (AvgIpc) is 3.66. The van der Waals surface area contributed by atoms with Gasteiger partial charge in [-0.3, -0.25) is 9.59 Å². The Balaban J connectivity index is 1.36. The number of hydrogen-bond donors (Lipinski definition) is 1. The highest BCUT2D eigenvalue weighted by molar-refractivity contribution is 6.46. The van der Waals surface area contributed by atoms with E-state index in [1.165, 1.54) is 12.0 Å². The lowest BCUT2D eigenvalue weighted by molar-refractivity contribution is -0.139. The van der Waals surface area contributed by atoms with E-state index in [4.69, 9.17) is 18.9 Å². The molecule has 1 unspecified atom stereocenters. The molecule has 4 aromatic rings. The maximum atomic E-state index is 13.5. The zero-order chi connectivity index (χ0) is 29.8. The van der Waals surface area contributed by atoms with Crippen molar-refractivity contribution in [2.75, 3.05) is 26.9 Å². The van der Waals surface area contributed by atoms with Crippen LogP contribution in [0.5, 0.6) is 23.0 Å². The van der Waals surface area contributed by atoms with Gasteiger partial charge in [0.05, 0.1) is 25.1 Å². The third-order valence-electron chi connectivity index (χ3n) is 7.47. The van der Waals surface area contributed by atoms with E-state index >= 15 is 0 Å². The summed E-state index contributed by atoms with van der Waals surface area (Å²) in [5.41, 5.74) is 1.94. The normalized spacial score (nSPS) is 17.2. The predicted molar refractivity (Wildman–Crippen MR) is 157 cm³/mol. The summed E-state index contributed by atoms with van der Waals surface area (Å²) in [4.78, 5) is 32.6. The van der Waals surface area contributed by atoms with Gasteiger partial charge in [-0.25, -0.2) is 4.98 Å². The van der Waals surface area contributed by atoms with Gasteiger partial charge < -0.3 is 33.5 Å². The minimum Gasteiger partial charge on any atom is -0.507 e. The van der Waals surface area contributed by atoms with Crippen LogP contribution in [0, 0.1) is 0 Å². The molecule has 10 nitrogen and oxygen atoms in total. The summed E-state index contributed by atoms with van der Waals surface area (Å²) in [7, 11) is 1.53. The molecule has 1 amide bonds. The van der Waals surface area contributed by atoms with Crippen LogP contribution in [0.15, 0.2) is 91.0 Å². The molecule has 3 heterocycles. The highest BCUT2D eigenvalue weighted by Crippen LogP contribution is 2.43. The van der Waals surface area contributed by atoms with E-state index in [0.717, 1.165) is 5.56 Å². The van der Waals surface area contributed by atoms with Gasteiger partial charge in [0, 0.05) is 31.0 Å². The minimum absolute atomic E-state index is 0.00989. The molecule has 10 heteroatoms. The molecule has 2 aliphatic heterocycles. The Bertz CT molecular complexity index is 1650. The fourth-order valence-electron chi connectivity index (χ4n) is 5.35. The fourth-order valence-corrected chi connectivity index (χ4v) is 5.35. The number of amides is 1. The maximum absolute atomic E-state index is 13.5. The third-order valence-corrected chi connectivity index (χ3v) is 7.47. The van der Waals surface area contributed by atoms with Crippen LogP contribution in [-0.2, 0) is 22.7 Å². The van der Waals surface area contributed by atoms with E-state index in [2.05, 4.69) is 4.98 Å². The average molecular weight is 582 g/mol. The maximum Gasteiger partial charge on any atom is 0.295 e. The molecule has 220 valence electrons. The summed E-state index contributed by atoms with van der Waals surface area (Å²) in [6.07, 6.45) is 5.80. The number of carbonyl (C=O) groups is 2. The van der Waals surface area contributed by atoms with Gasteiger partial charge in [0.15, 0.2) is 23.0 Å². The van der Waals surface area contributed by atoms with Crippen LogP contribution < -0.4 is 18.9 Å². The highest BCUT2D eigenvalue weighted by Gasteiger charge is 2.46.